The van der Waals surface area contributed by atoms with Crippen LogP contribution in [0.1, 0.15) is 52.7 Å². The first kappa shape index (κ1) is 38.9. The van der Waals surface area contributed by atoms with E-state index in [2.05, 4.69) is 238 Å². The van der Waals surface area contributed by atoms with Gasteiger partial charge in [-0.3, -0.25) is 17.6 Å². The molecule has 0 N–H and O–H groups in total. The maximum atomic E-state index is 5.66. The zero-order valence-electron chi connectivity index (χ0n) is 40.7. The van der Waals surface area contributed by atoms with Gasteiger partial charge >= 0.3 is 0 Å². The fourth-order valence-electron chi connectivity index (χ4n) is 13.1. The summed E-state index contributed by atoms with van der Waals surface area (Å²) in [6.07, 6.45) is 0. The molecule has 0 atom stereocenters. The summed E-state index contributed by atoms with van der Waals surface area (Å²) in [6, 6.07) is 63.2. The van der Waals surface area contributed by atoms with Crippen molar-refractivity contribution in [3.05, 3.63) is 181 Å². The summed E-state index contributed by atoms with van der Waals surface area (Å²) < 4.78 is 14.8. The van der Waals surface area contributed by atoms with Gasteiger partial charge in [-0.25, -0.2) is 9.97 Å². The molecule has 0 radical (unpaired) electrons. The Balaban J connectivity index is 1.11. The van der Waals surface area contributed by atoms with E-state index >= 15 is 0 Å². The first-order chi connectivity index (χ1) is 35.0. The zero-order chi connectivity index (χ0) is 47.8. The van der Waals surface area contributed by atoms with E-state index in [-0.39, 0.29) is 10.8 Å². The number of nitrogens with zero attached hydrogens (tertiary/aromatic N) is 8. The van der Waals surface area contributed by atoms with Gasteiger partial charge in [-0.1, -0.05) is 126 Å². The summed E-state index contributed by atoms with van der Waals surface area (Å²) in [4.78, 5) is 11.3. The highest BCUT2D eigenvalue weighted by molar-refractivity contribution is 6.37. The lowest BCUT2D eigenvalue weighted by Gasteiger charge is -2.18. The quantitative estimate of drug-likeness (QED) is 0.173. The van der Waals surface area contributed by atoms with E-state index in [0.717, 1.165) is 67.1 Å². The van der Waals surface area contributed by atoms with Crippen LogP contribution in [0.15, 0.2) is 170 Å². The van der Waals surface area contributed by atoms with Crippen LogP contribution in [0.2, 0.25) is 0 Å². The fraction of sp³-hybridized carbons (Fsp3) is 0.125. The highest BCUT2D eigenvalue weighted by atomic mass is 15.2. The second kappa shape index (κ2) is 12.7. The van der Waals surface area contributed by atoms with E-state index in [0.29, 0.717) is 0 Å². The van der Waals surface area contributed by atoms with Crippen LogP contribution in [0.5, 0.6) is 0 Å². The molecule has 342 valence electrons. The first-order valence-corrected chi connectivity index (χ1v) is 25.2. The molecule has 0 spiro atoms. The third-order valence-corrected chi connectivity index (χ3v) is 16.4. The number of hydrogen-bond donors (Lipinski definition) is 0. The van der Waals surface area contributed by atoms with Gasteiger partial charge in [-0.15, -0.1) is 0 Å². The first-order valence-electron chi connectivity index (χ1n) is 25.2. The summed E-state index contributed by atoms with van der Waals surface area (Å²) in [5, 5.41) is 9.75. The number of benzene rings is 9. The molecule has 0 aliphatic rings. The number of rotatable bonds is 2. The smallest absolute Gasteiger partial charge is 0.220 e. The van der Waals surface area contributed by atoms with Gasteiger partial charge in [0.2, 0.25) is 11.6 Å². The topological polar surface area (TPSA) is 53.3 Å². The lowest BCUT2D eigenvalue weighted by molar-refractivity contribution is 0.590. The minimum atomic E-state index is -0.0365. The van der Waals surface area contributed by atoms with Crippen LogP contribution in [0.4, 0.5) is 0 Å². The van der Waals surface area contributed by atoms with Crippen LogP contribution in [0.25, 0.3) is 143 Å². The third-order valence-electron chi connectivity index (χ3n) is 16.4. The average molecular weight is 927 g/mol. The molecule has 8 heterocycles. The number of fused-ring (bicyclic) bond motifs is 24. The second-order valence-electron chi connectivity index (χ2n) is 22.4. The van der Waals surface area contributed by atoms with E-state index in [1.54, 1.807) is 0 Å². The molecule has 8 heteroatoms. The molecule has 72 heavy (non-hydrogen) atoms. The van der Waals surface area contributed by atoms with Crippen molar-refractivity contribution >= 4 is 132 Å². The van der Waals surface area contributed by atoms with Gasteiger partial charge in [-0.05, 0) is 107 Å². The molecule has 0 aliphatic carbocycles. The number of para-hydroxylation sites is 4. The SMILES string of the molecule is CC(C)(C)c1ccc2c(c1)nc1n2c2c3c4cc(-n5c6ccccc6c6ccccc65)ccc4n4c3c(c3c5cc(-n6c7ccccc7c7ccccc76)ccc5n1c32)n1c2ccc(C(C)(C)C)cc2nc14. The van der Waals surface area contributed by atoms with Crippen molar-refractivity contribution in [2.75, 3.05) is 0 Å². The van der Waals surface area contributed by atoms with E-state index in [4.69, 9.17) is 9.97 Å². The predicted molar refractivity (Wildman–Crippen MR) is 299 cm³/mol. The van der Waals surface area contributed by atoms with Gasteiger partial charge in [0, 0.05) is 54.5 Å². The van der Waals surface area contributed by atoms with Gasteiger partial charge in [0.05, 0.1) is 77.2 Å². The van der Waals surface area contributed by atoms with Gasteiger partial charge in [0.25, 0.3) is 0 Å². The number of hydrogen-bond acceptors (Lipinski definition) is 2. The zero-order valence-corrected chi connectivity index (χ0v) is 40.7. The van der Waals surface area contributed by atoms with Gasteiger partial charge in [-0.2, -0.15) is 0 Å². The van der Waals surface area contributed by atoms with Crippen LogP contribution in [-0.2, 0) is 10.8 Å². The fourth-order valence-corrected chi connectivity index (χ4v) is 13.1. The molecule has 0 amide bonds. The molecule has 8 nitrogen and oxygen atoms in total. The summed E-state index contributed by atoms with van der Waals surface area (Å²) >= 11 is 0. The summed E-state index contributed by atoms with van der Waals surface area (Å²) in [5.41, 5.74) is 20.6. The maximum Gasteiger partial charge on any atom is 0.220 e. The molecular formula is C64H46N8. The Labute approximate surface area is 411 Å². The van der Waals surface area contributed by atoms with Crippen molar-refractivity contribution < 1.29 is 0 Å². The molecule has 0 fully saturated rings. The molecule has 9 aromatic carbocycles. The Bertz CT molecular complexity index is 4800. The minimum Gasteiger partial charge on any atom is -0.309 e. The lowest BCUT2D eigenvalue weighted by Crippen LogP contribution is -2.10. The number of aromatic nitrogens is 8. The largest absolute Gasteiger partial charge is 0.309 e. The lowest BCUT2D eigenvalue weighted by atomic mass is 9.87. The Morgan fingerprint density at radius 1 is 0.306 bits per heavy atom. The summed E-state index contributed by atoms with van der Waals surface area (Å²) in [6.45, 7) is 13.7. The Hall–Kier alpha value is -8.88. The molecule has 8 aromatic heterocycles. The Morgan fingerprint density at radius 3 is 0.972 bits per heavy atom. The van der Waals surface area contributed by atoms with E-state index in [9.17, 15) is 0 Å². The molecular weight excluding hydrogens is 881 g/mol. The van der Waals surface area contributed by atoms with Gasteiger partial charge < -0.3 is 9.13 Å². The van der Waals surface area contributed by atoms with E-state index in [1.807, 2.05) is 0 Å². The Morgan fingerprint density at radius 2 is 0.625 bits per heavy atom. The highest BCUT2D eigenvalue weighted by Crippen LogP contribution is 2.50. The maximum absolute atomic E-state index is 5.66. The number of imidazole rings is 4. The van der Waals surface area contributed by atoms with Crippen molar-refractivity contribution in [1.82, 2.24) is 36.7 Å². The predicted octanol–water partition coefficient (Wildman–Crippen LogP) is 16.1. The second-order valence-corrected chi connectivity index (χ2v) is 22.4. The van der Waals surface area contributed by atoms with Crippen molar-refractivity contribution in [1.29, 1.82) is 0 Å². The van der Waals surface area contributed by atoms with E-state index < -0.39 is 0 Å². The normalized spacial score (nSPS) is 13.4. The Kier molecular flexibility index (Phi) is 6.87. The van der Waals surface area contributed by atoms with Crippen molar-refractivity contribution in [3.63, 3.8) is 0 Å². The van der Waals surface area contributed by atoms with Crippen molar-refractivity contribution in [3.8, 4) is 11.4 Å². The summed E-state index contributed by atoms with van der Waals surface area (Å²) in [7, 11) is 0. The van der Waals surface area contributed by atoms with E-state index in [1.165, 1.54) is 87.3 Å². The molecule has 17 rings (SSSR count). The average Bonchev–Trinajstić information content (AvgIpc) is 4.26. The molecule has 0 saturated carbocycles. The molecule has 0 unspecified atom stereocenters. The van der Waals surface area contributed by atoms with Crippen molar-refractivity contribution in [2.24, 2.45) is 0 Å². The van der Waals surface area contributed by atoms with Crippen LogP contribution in [0, 0.1) is 0 Å². The molecule has 0 bridgehead atoms. The van der Waals surface area contributed by atoms with Crippen LogP contribution in [0.3, 0.4) is 0 Å². The highest BCUT2D eigenvalue weighted by Gasteiger charge is 2.33. The summed E-state index contributed by atoms with van der Waals surface area (Å²) in [5.74, 6) is 1.83. The van der Waals surface area contributed by atoms with Crippen LogP contribution in [-0.4, -0.2) is 36.7 Å². The molecule has 17 aromatic rings. The van der Waals surface area contributed by atoms with Crippen molar-refractivity contribution in [2.45, 2.75) is 52.4 Å². The third kappa shape index (κ3) is 4.60. The molecule has 0 saturated heterocycles. The monoisotopic (exact) mass is 926 g/mol. The minimum absolute atomic E-state index is 0.0365. The van der Waals surface area contributed by atoms with Crippen LogP contribution >= 0.6 is 0 Å². The standard InChI is InChI=1S/C64H46N8/c1-63(2,3)35-23-27-53-45(31-35)65-61-69-51-29-25-37(67-47-19-11-7-15-39(47)40-16-8-12-20-48(40)67)33-43(51)56-57(69)59(71(53)61)55-44-34-38(68-49-21-13-9-17-41(49)42-18-10-14-22-50(42)68)26-30-52(44)70-58(55)60(56)72-54-28-24-36(64(4,5)6)32-46(54)66-62(70)72/h7-34H,1-6H3. The van der Waals surface area contributed by atoms with Gasteiger partial charge in [0.1, 0.15) is 0 Å². The van der Waals surface area contributed by atoms with Gasteiger partial charge in [0.15, 0.2) is 0 Å². The van der Waals surface area contributed by atoms with Crippen LogP contribution < -0.4 is 0 Å². The molecule has 0 aliphatic heterocycles.